The highest BCUT2D eigenvalue weighted by Gasteiger charge is 2.18. The summed E-state index contributed by atoms with van der Waals surface area (Å²) in [6, 6.07) is 0. The summed E-state index contributed by atoms with van der Waals surface area (Å²) in [6.45, 7) is 6.39. The van der Waals surface area contributed by atoms with Crippen LogP contribution in [0.25, 0.3) is 0 Å². The number of morpholine rings is 1. The Morgan fingerprint density at radius 1 is 1.11 bits per heavy atom. The first-order chi connectivity index (χ1) is 8.93. The molecule has 0 bridgehead atoms. The van der Waals surface area contributed by atoms with Gasteiger partial charge in [-0.25, -0.2) is 0 Å². The average Bonchev–Trinajstić information content (AvgIpc) is 2.65. The fourth-order valence-electron chi connectivity index (χ4n) is 2.93. The van der Waals surface area contributed by atoms with Gasteiger partial charge in [0.05, 0.1) is 26.2 Å². The molecule has 0 atom stereocenters. The van der Waals surface area contributed by atoms with Gasteiger partial charge in [-0.1, -0.05) is 6.42 Å². The second-order valence-corrected chi connectivity index (χ2v) is 5.36. The number of nitrogens with one attached hydrogen (secondary N) is 1. The molecular weight excluding hydrogens is 228 g/mol. The van der Waals surface area contributed by atoms with Crippen LogP contribution in [0.2, 0.25) is 0 Å². The number of rotatable bonds is 3. The van der Waals surface area contributed by atoms with Crippen LogP contribution in [0.15, 0.2) is 0 Å². The Labute approximate surface area is 108 Å². The molecule has 3 heterocycles. The summed E-state index contributed by atoms with van der Waals surface area (Å²) in [4.78, 5) is 1.65. The van der Waals surface area contributed by atoms with Crippen molar-refractivity contribution in [2.75, 3.05) is 32.8 Å². The number of hydrogen-bond acceptors (Lipinski definition) is 3. The number of quaternary nitrogens is 1. The van der Waals surface area contributed by atoms with E-state index in [1.807, 2.05) is 0 Å². The molecule has 1 aromatic rings. The van der Waals surface area contributed by atoms with Crippen LogP contribution in [-0.4, -0.2) is 47.6 Å². The molecule has 1 N–H and O–H groups in total. The van der Waals surface area contributed by atoms with Crippen LogP contribution in [0.1, 0.15) is 30.9 Å². The molecule has 1 fully saturated rings. The Bertz CT molecular complexity index is 384. The number of aromatic nitrogens is 3. The molecule has 1 saturated heterocycles. The molecule has 0 aliphatic carbocycles. The number of hydrogen-bond donors (Lipinski definition) is 1. The summed E-state index contributed by atoms with van der Waals surface area (Å²) >= 11 is 0. The predicted molar refractivity (Wildman–Crippen MR) is 67.7 cm³/mol. The molecule has 0 aromatic carbocycles. The second kappa shape index (κ2) is 5.80. The number of ether oxygens (including phenoxy) is 1. The number of fused-ring (bicyclic) bond motifs is 1. The maximum absolute atomic E-state index is 5.39. The minimum atomic E-state index is 0.910. The molecule has 2 aliphatic heterocycles. The Hall–Kier alpha value is -0.940. The van der Waals surface area contributed by atoms with E-state index in [2.05, 4.69) is 14.8 Å². The van der Waals surface area contributed by atoms with E-state index >= 15 is 0 Å². The van der Waals surface area contributed by atoms with Gasteiger partial charge < -0.3 is 14.2 Å². The molecule has 1 aromatic heterocycles. The zero-order chi connectivity index (χ0) is 12.2. The van der Waals surface area contributed by atoms with Gasteiger partial charge >= 0.3 is 0 Å². The Morgan fingerprint density at radius 2 is 2.00 bits per heavy atom. The SMILES string of the molecule is C1CCc2nnc(CC[NH+]3CCOCC3)n2CC1. The normalized spacial score (nSPS) is 21.6. The molecule has 100 valence electrons. The highest BCUT2D eigenvalue weighted by Crippen LogP contribution is 2.14. The van der Waals surface area contributed by atoms with Crippen LogP contribution < -0.4 is 4.90 Å². The van der Waals surface area contributed by atoms with Gasteiger partial charge in [0, 0.05) is 13.0 Å². The van der Waals surface area contributed by atoms with Crippen molar-refractivity contribution >= 4 is 0 Å². The lowest BCUT2D eigenvalue weighted by atomic mass is 10.2. The van der Waals surface area contributed by atoms with E-state index in [9.17, 15) is 0 Å². The molecule has 0 radical (unpaired) electrons. The molecule has 5 nitrogen and oxygen atoms in total. The van der Waals surface area contributed by atoms with E-state index in [0.717, 1.165) is 45.7 Å². The summed E-state index contributed by atoms with van der Waals surface area (Å²) in [7, 11) is 0. The van der Waals surface area contributed by atoms with Crippen molar-refractivity contribution in [2.24, 2.45) is 0 Å². The maximum atomic E-state index is 5.39. The molecule has 0 unspecified atom stereocenters. The number of aryl methyl sites for hydroxylation is 1. The van der Waals surface area contributed by atoms with E-state index < -0.39 is 0 Å². The van der Waals surface area contributed by atoms with E-state index in [0.29, 0.717) is 0 Å². The predicted octanol–water partition coefficient (Wildman–Crippen LogP) is -0.538. The third-order valence-corrected chi connectivity index (χ3v) is 4.09. The van der Waals surface area contributed by atoms with Gasteiger partial charge in [-0.3, -0.25) is 0 Å². The summed E-state index contributed by atoms with van der Waals surface area (Å²) in [5.74, 6) is 2.41. The average molecular weight is 251 g/mol. The van der Waals surface area contributed by atoms with Crippen LogP contribution in [0.5, 0.6) is 0 Å². The van der Waals surface area contributed by atoms with Gasteiger partial charge in [-0.05, 0) is 12.8 Å². The lowest BCUT2D eigenvalue weighted by Gasteiger charge is -2.23. The Kier molecular flexibility index (Phi) is 3.90. The van der Waals surface area contributed by atoms with E-state index in [1.54, 1.807) is 4.90 Å². The quantitative estimate of drug-likeness (QED) is 0.785. The third-order valence-electron chi connectivity index (χ3n) is 4.09. The molecule has 0 amide bonds. The van der Waals surface area contributed by atoms with E-state index in [1.165, 1.54) is 37.5 Å². The first-order valence-electron chi connectivity index (χ1n) is 7.26. The van der Waals surface area contributed by atoms with Crippen LogP contribution in [0.4, 0.5) is 0 Å². The summed E-state index contributed by atoms with van der Waals surface area (Å²) < 4.78 is 7.76. The number of nitrogens with zero attached hydrogens (tertiary/aromatic N) is 3. The van der Waals surface area contributed by atoms with Gasteiger partial charge in [-0.2, -0.15) is 0 Å². The Balaban J connectivity index is 1.60. The van der Waals surface area contributed by atoms with Crippen LogP contribution in [-0.2, 0) is 24.1 Å². The fraction of sp³-hybridized carbons (Fsp3) is 0.846. The molecule has 2 aliphatic rings. The smallest absolute Gasteiger partial charge is 0.138 e. The minimum absolute atomic E-state index is 0.910. The third kappa shape index (κ3) is 2.72. The standard InChI is InChI=1S/C13H22N4O/c1-2-4-12-14-15-13(17(12)6-3-1)5-7-16-8-10-18-11-9-16/h1-11H2/p+1. The lowest BCUT2D eigenvalue weighted by molar-refractivity contribution is -0.907. The zero-order valence-corrected chi connectivity index (χ0v) is 11.0. The first kappa shape index (κ1) is 12.1. The molecule has 18 heavy (non-hydrogen) atoms. The van der Waals surface area contributed by atoms with Gasteiger partial charge in [0.2, 0.25) is 0 Å². The van der Waals surface area contributed by atoms with Crippen LogP contribution in [0, 0.1) is 0 Å². The van der Waals surface area contributed by atoms with Crippen LogP contribution in [0.3, 0.4) is 0 Å². The van der Waals surface area contributed by atoms with E-state index in [-0.39, 0.29) is 0 Å². The lowest BCUT2D eigenvalue weighted by Crippen LogP contribution is -3.14. The molecule has 0 saturated carbocycles. The minimum Gasteiger partial charge on any atom is -0.370 e. The monoisotopic (exact) mass is 251 g/mol. The fourth-order valence-corrected chi connectivity index (χ4v) is 2.93. The summed E-state index contributed by atoms with van der Waals surface area (Å²) in [5, 5.41) is 8.75. The second-order valence-electron chi connectivity index (χ2n) is 5.36. The molecule has 0 spiro atoms. The van der Waals surface area contributed by atoms with Crippen molar-refractivity contribution in [1.82, 2.24) is 14.8 Å². The molecular formula is C13H23N4O+. The summed E-state index contributed by atoms with van der Waals surface area (Å²) in [5.41, 5.74) is 0. The van der Waals surface area contributed by atoms with Crippen molar-refractivity contribution in [3.05, 3.63) is 11.6 Å². The van der Waals surface area contributed by atoms with Crippen molar-refractivity contribution < 1.29 is 9.64 Å². The zero-order valence-electron chi connectivity index (χ0n) is 11.0. The first-order valence-corrected chi connectivity index (χ1v) is 7.26. The van der Waals surface area contributed by atoms with Gasteiger partial charge in [0.1, 0.15) is 24.7 Å². The maximum Gasteiger partial charge on any atom is 0.138 e. The Morgan fingerprint density at radius 3 is 2.89 bits per heavy atom. The van der Waals surface area contributed by atoms with Crippen molar-refractivity contribution in [1.29, 1.82) is 0 Å². The van der Waals surface area contributed by atoms with Crippen LogP contribution >= 0.6 is 0 Å². The van der Waals surface area contributed by atoms with Crippen molar-refractivity contribution in [3.8, 4) is 0 Å². The van der Waals surface area contributed by atoms with Gasteiger partial charge in [0.15, 0.2) is 0 Å². The highest BCUT2D eigenvalue weighted by atomic mass is 16.5. The van der Waals surface area contributed by atoms with Crippen molar-refractivity contribution in [3.63, 3.8) is 0 Å². The largest absolute Gasteiger partial charge is 0.370 e. The van der Waals surface area contributed by atoms with Crippen molar-refractivity contribution in [2.45, 2.75) is 38.6 Å². The van der Waals surface area contributed by atoms with E-state index in [4.69, 9.17) is 4.74 Å². The summed E-state index contributed by atoms with van der Waals surface area (Å²) in [6.07, 6.45) is 6.05. The topological polar surface area (TPSA) is 44.4 Å². The van der Waals surface area contributed by atoms with Gasteiger partial charge in [-0.15, -0.1) is 10.2 Å². The van der Waals surface area contributed by atoms with Gasteiger partial charge in [0.25, 0.3) is 0 Å². The molecule has 3 rings (SSSR count). The highest BCUT2D eigenvalue weighted by molar-refractivity contribution is 4.98. The molecule has 5 heteroatoms.